The second-order valence-corrected chi connectivity index (χ2v) is 5.94. The van der Waals surface area contributed by atoms with Crippen LogP contribution in [0.3, 0.4) is 0 Å². The number of carbonyl (C=O) groups is 1. The first-order valence-corrected chi connectivity index (χ1v) is 7.52. The van der Waals surface area contributed by atoms with E-state index >= 15 is 0 Å². The fourth-order valence-electron chi connectivity index (χ4n) is 2.44. The highest BCUT2D eigenvalue weighted by Gasteiger charge is 2.23. The molecule has 1 amide bonds. The Labute approximate surface area is 122 Å². The van der Waals surface area contributed by atoms with Crippen LogP contribution in [0.25, 0.3) is 0 Å². The highest BCUT2D eigenvalue weighted by molar-refractivity contribution is 9.10. The predicted molar refractivity (Wildman–Crippen MR) is 79.4 cm³/mol. The Morgan fingerprint density at radius 3 is 2.79 bits per heavy atom. The number of carbonyl (C=O) groups excluding carboxylic acids is 1. The second-order valence-electron chi connectivity index (χ2n) is 5.15. The van der Waals surface area contributed by atoms with Crippen molar-refractivity contribution >= 4 is 21.8 Å². The molecular formula is C15H20BrNO2. The first-order valence-electron chi connectivity index (χ1n) is 6.73. The smallest absolute Gasteiger partial charge is 0.252 e. The molecule has 3 nitrogen and oxygen atoms in total. The van der Waals surface area contributed by atoms with Crippen LogP contribution in [0.5, 0.6) is 0 Å². The number of rotatable bonds is 3. The Bertz CT molecular complexity index is 455. The lowest BCUT2D eigenvalue weighted by molar-refractivity contribution is 0.0538. The fraction of sp³-hybridized carbons (Fsp3) is 0.533. The molecule has 0 bridgehead atoms. The lowest BCUT2D eigenvalue weighted by Gasteiger charge is -2.28. The molecule has 1 aliphatic heterocycles. The van der Waals surface area contributed by atoms with Gasteiger partial charge in [-0.15, -0.1) is 0 Å². The molecule has 0 aromatic heterocycles. The minimum Gasteiger partial charge on any atom is -0.381 e. The number of nitrogens with one attached hydrogen (secondary N) is 1. The Morgan fingerprint density at radius 2 is 2.11 bits per heavy atom. The average molecular weight is 326 g/mol. The van der Waals surface area contributed by atoms with Crippen LogP contribution in [0.15, 0.2) is 22.7 Å². The topological polar surface area (TPSA) is 38.3 Å². The van der Waals surface area contributed by atoms with E-state index in [1.54, 1.807) is 0 Å². The molecule has 1 unspecified atom stereocenters. The third-order valence-corrected chi connectivity index (χ3v) is 4.82. The van der Waals surface area contributed by atoms with Crippen LogP contribution in [0.2, 0.25) is 0 Å². The average Bonchev–Trinajstić information content (AvgIpc) is 2.42. The molecule has 1 aromatic rings. The third kappa shape index (κ3) is 3.57. The lowest BCUT2D eigenvalue weighted by atomic mass is 9.92. The lowest BCUT2D eigenvalue weighted by Crippen LogP contribution is -2.40. The first kappa shape index (κ1) is 14.5. The van der Waals surface area contributed by atoms with Crippen molar-refractivity contribution in [2.24, 2.45) is 5.92 Å². The van der Waals surface area contributed by atoms with Gasteiger partial charge in [-0.05, 0) is 60.2 Å². The summed E-state index contributed by atoms with van der Waals surface area (Å²) in [5.74, 6) is 0.510. The molecule has 1 aliphatic rings. The highest BCUT2D eigenvalue weighted by Crippen LogP contribution is 2.22. The normalized spacial score (nSPS) is 18.1. The van der Waals surface area contributed by atoms with Crippen LogP contribution in [-0.4, -0.2) is 25.2 Å². The third-order valence-electron chi connectivity index (χ3n) is 3.77. The maximum atomic E-state index is 12.3. The summed E-state index contributed by atoms with van der Waals surface area (Å²) in [6.07, 6.45) is 2.05. The van der Waals surface area contributed by atoms with E-state index in [0.717, 1.165) is 36.1 Å². The first-order chi connectivity index (χ1) is 9.09. The summed E-state index contributed by atoms with van der Waals surface area (Å²) in [5, 5.41) is 3.11. The van der Waals surface area contributed by atoms with E-state index in [9.17, 15) is 4.79 Å². The summed E-state index contributed by atoms with van der Waals surface area (Å²) in [6, 6.07) is 5.93. The molecule has 2 rings (SSSR count). The molecular weight excluding hydrogens is 306 g/mol. The van der Waals surface area contributed by atoms with Crippen LogP contribution >= 0.6 is 15.9 Å². The zero-order valence-electron chi connectivity index (χ0n) is 11.4. The summed E-state index contributed by atoms with van der Waals surface area (Å²) in [6.45, 7) is 5.68. The van der Waals surface area contributed by atoms with Gasteiger partial charge in [-0.1, -0.05) is 12.1 Å². The van der Waals surface area contributed by atoms with Gasteiger partial charge in [0.15, 0.2) is 0 Å². The largest absolute Gasteiger partial charge is 0.381 e. The number of aryl methyl sites for hydroxylation is 1. The number of benzene rings is 1. The van der Waals surface area contributed by atoms with E-state index < -0.39 is 0 Å². The number of ether oxygens (including phenoxy) is 1. The monoisotopic (exact) mass is 325 g/mol. The molecule has 1 aromatic carbocycles. The van der Waals surface area contributed by atoms with Crippen molar-refractivity contribution in [2.75, 3.05) is 13.2 Å². The Morgan fingerprint density at radius 1 is 1.42 bits per heavy atom. The molecule has 4 heteroatoms. The van der Waals surface area contributed by atoms with Crippen molar-refractivity contribution in [1.29, 1.82) is 0 Å². The van der Waals surface area contributed by atoms with Gasteiger partial charge in [-0.25, -0.2) is 0 Å². The minimum atomic E-state index is -0.00503. The van der Waals surface area contributed by atoms with E-state index in [2.05, 4.69) is 28.2 Å². The van der Waals surface area contributed by atoms with Gasteiger partial charge < -0.3 is 10.1 Å². The maximum absolute atomic E-state index is 12.3. The number of amides is 1. The van der Waals surface area contributed by atoms with Crippen LogP contribution in [0.1, 0.15) is 35.7 Å². The molecule has 19 heavy (non-hydrogen) atoms. The quantitative estimate of drug-likeness (QED) is 0.925. The molecule has 0 saturated carbocycles. The van der Waals surface area contributed by atoms with Gasteiger partial charge in [0, 0.05) is 23.7 Å². The van der Waals surface area contributed by atoms with Crippen LogP contribution in [0, 0.1) is 12.8 Å². The minimum absolute atomic E-state index is 0.00503. The molecule has 1 atom stereocenters. The molecule has 0 radical (unpaired) electrons. The summed E-state index contributed by atoms with van der Waals surface area (Å²) < 4.78 is 6.24. The number of hydrogen-bond donors (Lipinski definition) is 1. The van der Waals surface area contributed by atoms with Gasteiger partial charge in [0.25, 0.3) is 5.91 Å². The van der Waals surface area contributed by atoms with E-state index in [1.165, 1.54) is 0 Å². The van der Waals surface area contributed by atoms with Crippen LogP contribution < -0.4 is 5.32 Å². The van der Waals surface area contributed by atoms with E-state index in [0.29, 0.717) is 11.5 Å². The van der Waals surface area contributed by atoms with Crippen molar-refractivity contribution in [2.45, 2.75) is 32.7 Å². The number of halogens is 1. The van der Waals surface area contributed by atoms with E-state index in [1.807, 2.05) is 25.1 Å². The molecule has 1 N–H and O–H groups in total. The maximum Gasteiger partial charge on any atom is 0.252 e. The SMILES string of the molecule is Cc1cccc(C(=O)NC(C)C2CCOCC2)c1Br. The van der Waals surface area contributed by atoms with Gasteiger partial charge in [0.05, 0.1) is 5.56 Å². The molecule has 1 fully saturated rings. The summed E-state index contributed by atoms with van der Waals surface area (Å²) in [5.41, 5.74) is 1.78. The zero-order chi connectivity index (χ0) is 13.8. The van der Waals surface area contributed by atoms with E-state index in [4.69, 9.17) is 4.74 Å². The van der Waals surface area contributed by atoms with E-state index in [-0.39, 0.29) is 11.9 Å². The van der Waals surface area contributed by atoms with Crippen LogP contribution in [0.4, 0.5) is 0 Å². The van der Waals surface area contributed by atoms with Crippen LogP contribution in [-0.2, 0) is 4.74 Å². The van der Waals surface area contributed by atoms with Crippen molar-refractivity contribution in [3.05, 3.63) is 33.8 Å². The second kappa shape index (κ2) is 6.53. The Hall–Kier alpha value is -0.870. The standard InChI is InChI=1S/C15H20BrNO2/c1-10-4-3-5-13(14(10)16)15(18)17-11(2)12-6-8-19-9-7-12/h3-5,11-12H,6-9H2,1-2H3,(H,17,18). The highest BCUT2D eigenvalue weighted by atomic mass is 79.9. The van der Waals surface area contributed by atoms with Crippen molar-refractivity contribution in [3.8, 4) is 0 Å². The van der Waals surface area contributed by atoms with Crippen molar-refractivity contribution in [1.82, 2.24) is 5.32 Å². The van der Waals surface area contributed by atoms with Gasteiger partial charge in [0.2, 0.25) is 0 Å². The van der Waals surface area contributed by atoms with Crippen molar-refractivity contribution < 1.29 is 9.53 Å². The Kier molecular flexibility index (Phi) is 4.99. The van der Waals surface area contributed by atoms with Gasteiger partial charge in [-0.2, -0.15) is 0 Å². The van der Waals surface area contributed by atoms with Gasteiger partial charge >= 0.3 is 0 Å². The van der Waals surface area contributed by atoms with Gasteiger partial charge in [-0.3, -0.25) is 4.79 Å². The Balaban J connectivity index is 2.02. The zero-order valence-corrected chi connectivity index (χ0v) is 13.0. The molecule has 104 valence electrons. The molecule has 1 heterocycles. The van der Waals surface area contributed by atoms with Crippen molar-refractivity contribution in [3.63, 3.8) is 0 Å². The molecule has 0 spiro atoms. The predicted octanol–water partition coefficient (Wildman–Crippen LogP) is 3.30. The summed E-state index contributed by atoms with van der Waals surface area (Å²) >= 11 is 3.49. The molecule has 0 aliphatic carbocycles. The number of hydrogen-bond acceptors (Lipinski definition) is 2. The summed E-state index contributed by atoms with van der Waals surface area (Å²) in [4.78, 5) is 12.3. The molecule has 1 saturated heterocycles. The fourth-order valence-corrected chi connectivity index (χ4v) is 2.89. The summed E-state index contributed by atoms with van der Waals surface area (Å²) in [7, 11) is 0. The van der Waals surface area contributed by atoms with Gasteiger partial charge in [0.1, 0.15) is 0 Å².